The smallest absolute Gasteiger partial charge is 0.335 e. The standard InChI is InChI=1S/C40H45N3O5/c1-5-14-35(29-21-19-28(4)20-22-29)41-39(47)43-37(46)40(6-2,7-3)38(43)48-33-23-24-34(36(44)45)30(27-33)25-26-42(31-15-10-8-11-16-31)32-17-12-9-13-18-32/h8-13,15-24,27,35,38H,5-7,14,25-26H2,1-4H3,(H,41,47)(H,44,45). The summed E-state index contributed by atoms with van der Waals surface area (Å²) in [5.74, 6) is -0.888. The number of rotatable bonds is 14. The van der Waals surface area contributed by atoms with Crippen LogP contribution >= 0.6 is 0 Å². The topological polar surface area (TPSA) is 99.2 Å². The third kappa shape index (κ3) is 7.08. The maximum Gasteiger partial charge on any atom is 0.335 e. The molecule has 4 aromatic rings. The molecule has 2 unspecified atom stereocenters. The second kappa shape index (κ2) is 15.2. The Kier molecular flexibility index (Phi) is 10.8. The molecule has 0 radical (unpaired) electrons. The molecule has 1 heterocycles. The van der Waals surface area contributed by atoms with Crippen molar-refractivity contribution in [2.75, 3.05) is 11.4 Å². The van der Waals surface area contributed by atoms with E-state index >= 15 is 0 Å². The zero-order valence-corrected chi connectivity index (χ0v) is 28.2. The number of hydrogen-bond donors (Lipinski definition) is 2. The first-order valence-corrected chi connectivity index (χ1v) is 16.8. The van der Waals surface area contributed by atoms with E-state index in [9.17, 15) is 19.5 Å². The molecule has 8 nitrogen and oxygen atoms in total. The number of carboxylic acid groups (broad SMARTS) is 1. The molecule has 2 N–H and O–H groups in total. The number of imide groups is 1. The van der Waals surface area contributed by atoms with Gasteiger partial charge in [0.25, 0.3) is 0 Å². The molecule has 0 saturated carbocycles. The number of nitrogens with one attached hydrogen (secondary N) is 1. The number of carboxylic acids is 1. The van der Waals surface area contributed by atoms with Crippen LogP contribution in [0.15, 0.2) is 103 Å². The molecule has 8 heteroatoms. The van der Waals surface area contributed by atoms with Gasteiger partial charge in [-0.2, -0.15) is 0 Å². The van der Waals surface area contributed by atoms with Crippen molar-refractivity contribution >= 4 is 29.3 Å². The van der Waals surface area contributed by atoms with Gasteiger partial charge in [0.1, 0.15) is 11.2 Å². The summed E-state index contributed by atoms with van der Waals surface area (Å²) >= 11 is 0. The van der Waals surface area contributed by atoms with Gasteiger partial charge in [-0.1, -0.05) is 93.4 Å². The second-order valence-electron chi connectivity index (χ2n) is 12.4. The quantitative estimate of drug-likeness (QED) is 0.133. The summed E-state index contributed by atoms with van der Waals surface area (Å²) in [6.07, 6.45) is 2.14. The Balaban J connectivity index is 1.41. The number of ether oxygens (including phenoxy) is 1. The largest absolute Gasteiger partial charge is 0.478 e. The van der Waals surface area contributed by atoms with Crippen molar-refractivity contribution in [2.45, 2.75) is 72.1 Å². The molecule has 1 aliphatic heterocycles. The van der Waals surface area contributed by atoms with E-state index < -0.39 is 23.6 Å². The third-order valence-electron chi connectivity index (χ3n) is 9.48. The van der Waals surface area contributed by atoms with Gasteiger partial charge in [0, 0.05) is 17.9 Å². The van der Waals surface area contributed by atoms with Crippen molar-refractivity contribution in [3.63, 3.8) is 0 Å². The van der Waals surface area contributed by atoms with Crippen LogP contribution in [0.25, 0.3) is 0 Å². The zero-order chi connectivity index (χ0) is 34.3. The minimum absolute atomic E-state index is 0.181. The summed E-state index contributed by atoms with van der Waals surface area (Å²) in [6, 6.07) is 32.1. The molecule has 3 amide bonds. The Morgan fingerprint density at radius 3 is 2.04 bits per heavy atom. The minimum Gasteiger partial charge on any atom is -0.478 e. The lowest BCUT2D eigenvalue weighted by Gasteiger charge is -2.53. The first kappa shape index (κ1) is 34.2. The van der Waals surface area contributed by atoms with Crippen LogP contribution in [0, 0.1) is 12.3 Å². The van der Waals surface area contributed by atoms with E-state index in [1.165, 1.54) is 4.90 Å². The Hall–Kier alpha value is -5.11. The van der Waals surface area contributed by atoms with E-state index in [4.69, 9.17) is 4.74 Å². The van der Waals surface area contributed by atoms with Gasteiger partial charge in [-0.25, -0.2) is 14.5 Å². The molecule has 1 fully saturated rings. The van der Waals surface area contributed by atoms with Crippen molar-refractivity contribution in [2.24, 2.45) is 5.41 Å². The van der Waals surface area contributed by atoms with Gasteiger partial charge in [0.2, 0.25) is 5.91 Å². The Labute approximate surface area is 283 Å². The highest BCUT2D eigenvalue weighted by atomic mass is 16.5. The van der Waals surface area contributed by atoms with E-state index in [1.807, 2.05) is 106 Å². The fourth-order valence-electron chi connectivity index (χ4n) is 6.57. The second-order valence-corrected chi connectivity index (χ2v) is 12.4. The Bertz CT molecular complexity index is 1660. The normalized spacial score (nSPS) is 15.7. The lowest BCUT2D eigenvalue weighted by molar-refractivity contribution is -0.191. The lowest BCUT2D eigenvalue weighted by Crippen LogP contribution is -2.73. The number of aromatic carboxylic acids is 1. The van der Waals surface area contributed by atoms with E-state index in [2.05, 4.69) is 17.1 Å². The highest BCUT2D eigenvalue weighted by Gasteiger charge is 2.63. The van der Waals surface area contributed by atoms with Gasteiger partial charge in [-0.15, -0.1) is 0 Å². The summed E-state index contributed by atoms with van der Waals surface area (Å²) in [5, 5.41) is 13.2. The minimum atomic E-state index is -1.03. The van der Waals surface area contributed by atoms with Crippen LogP contribution in [-0.2, 0) is 11.2 Å². The molecule has 4 aromatic carbocycles. The Morgan fingerprint density at radius 2 is 1.50 bits per heavy atom. The summed E-state index contributed by atoms with van der Waals surface area (Å²) in [5.41, 5.74) is 4.00. The molecule has 0 spiro atoms. The number of nitrogens with zero attached hydrogens (tertiary/aromatic N) is 2. The summed E-state index contributed by atoms with van der Waals surface area (Å²) in [4.78, 5) is 43.1. The Morgan fingerprint density at radius 1 is 0.896 bits per heavy atom. The molecule has 0 aliphatic carbocycles. The van der Waals surface area contributed by atoms with E-state index in [0.717, 1.165) is 35.3 Å². The number of benzene rings is 4. The molecule has 250 valence electrons. The third-order valence-corrected chi connectivity index (χ3v) is 9.48. The lowest BCUT2D eigenvalue weighted by atomic mass is 9.72. The monoisotopic (exact) mass is 647 g/mol. The van der Waals surface area contributed by atoms with Gasteiger partial charge in [0.05, 0.1) is 11.6 Å². The molecule has 0 bridgehead atoms. The maximum absolute atomic E-state index is 13.8. The summed E-state index contributed by atoms with van der Waals surface area (Å²) in [7, 11) is 0. The van der Waals surface area contributed by atoms with Gasteiger partial charge >= 0.3 is 12.0 Å². The number of urea groups is 1. The first-order valence-electron chi connectivity index (χ1n) is 16.8. The van der Waals surface area contributed by atoms with E-state index in [1.54, 1.807) is 18.2 Å². The zero-order valence-electron chi connectivity index (χ0n) is 28.2. The van der Waals surface area contributed by atoms with E-state index in [-0.39, 0.29) is 17.5 Å². The van der Waals surface area contributed by atoms with Crippen molar-refractivity contribution in [3.05, 3.63) is 125 Å². The number of β-lactam (4-membered cyclic amide) rings is 1. The summed E-state index contributed by atoms with van der Waals surface area (Å²) < 4.78 is 6.50. The van der Waals surface area contributed by atoms with Crippen LogP contribution in [0.5, 0.6) is 5.75 Å². The van der Waals surface area contributed by atoms with Crippen molar-refractivity contribution in [1.82, 2.24) is 10.2 Å². The fourth-order valence-corrected chi connectivity index (χ4v) is 6.57. The number of carbonyl (C=O) groups excluding carboxylic acids is 2. The van der Waals surface area contributed by atoms with Crippen LogP contribution in [0.4, 0.5) is 16.2 Å². The van der Waals surface area contributed by atoms with Crippen molar-refractivity contribution in [1.29, 1.82) is 0 Å². The molecule has 48 heavy (non-hydrogen) atoms. The molecular formula is C40H45N3O5. The first-order chi connectivity index (χ1) is 23.2. The molecule has 0 aromatic heterocycles. The molecule has 1 aliphatic rings. The fraction of sp³-hybridized carbons (Fsp3) is 0.325. The molecular weight excluding hydrogens is 602 g/mol. The predicted octanol–water partition coefficient (Wildman–Crippen LogP) is 8.68. The highest BCUT2D eigenvalue weighted by molar-refractivity contribution is 6.03. The van der Waals surface area contributed by atoms with Gasteiger partial charge in [-0.05, 0) is 86.2 Å². The van der Waals surface area contributed by atoms with Crippen LogP contribution in [0.1, 0.15) is 79.5 Å². The van der Waals surface area contributed by atoms with Crippen LogP contribution in [-0.4, -0.2) is 40.7 Å². The number of hydrogen-bond acceptors (Lipinski definition) is 5. The number of amides is 3. The number of anilines is 2. The number of aryl methyl sites for hydroxylation is 1. The molecule has 2 atom stereocenters. The molecule has 5 rings (SSSR count). The average Bonchev–Trinajstić information content (AvgIpc) is 3.10. The highest BCUT2D eigenvalue weighted by Crippen LogP contribution is 2.46. The maximum atomic E-state index is 13.8. The van der Waals surface area contributed by atoms with Crippen molar-refractivity contribution < 1.29 is 24.2 Å². The van der Waals surface area contributed by atoms with Gasteiger partial charge < -0.3 is 20.1 Å². The van der Waals surface area contributed by atoms with Crippen molar-refractivity contribution in [3.8, 4) is 5.75 Å². The number of carbonyl (C=O) groups is 3. The molecule has 1 saturated heterocycles. The van der Waals surface area contributed by atoms with Crippen LogP contribution in [0.2, 0.25) is 0 Å². The summed E-state index contributed by atoms with van der Waals surface area (Å²) in [6.45, 7) is 8.45. The number of para-hydroxylation sites is 2. The van der Waals surface area contributed by atoms with Crippen LogP contribution < -0.4 is 15.0 Å². The predicted molar refractivity (Wildman–Crippen MR) is 189 cm³/mol. The van der Waals surface area contributed by atoms with Gasteiger partial charge in [0.15, 0.2) is 6.23 Å². The average molecular weight is 648 g/mol. The van der Waals surface area contributed by atoms with Crippen LogP contribution in [0.3, 0.4) is 0 Å². The SMILES string of the molecule is CCCC(NC(=O)N1C(=O)C(CC)(CC)C1Oc1ccc(C(=O)O)c(CCN(c2ccccc2)c2ccccc2)c1)c1ccc(C)cc1. The van der Waals surface area contributed by atoms with E-state index in [0.29, 0.717) is 37.1 Å². The number of likely N-dealkylation sites (tertiary alicyclic amines) is 1. The van der Waals surface area contributed by atoms with Gasteiger partial charge in [-0.3, -0.25) is 4.79 Å².